The fourth-order valence-corrected chi connectivity index (χ4v) is 8.49. The minimum Gasteiger partial charge on any atom is -0.271 e. The Hall–Kier alpha value is -3.32. The van der Waals surface area contributed by atoms with Crippen LogP contribution in [-0.2, 0) is 42.5 Å². The zero-order chi connectivity index (χ0) is 30.1. The van der Waals surface area contributed by atoms with Crippen molar-refractivity contribution in [3.05, 3.63) is 129 Å². The van der Waals surface area contributed by atoms with E-state index in [0.717, 1.165) is 0 Å². The first-order valence-electron chi connectivity index (χ1n) is 12.8. The van der Waals surface area contributed by atoms with E-state index in [1.165, 1.54) is 48.5 Å². The molecule has 1 aliphatic heterocycles. The summed E-state index contributed by atoms with van der Waals surface area (Å²) in [5.41, 5.74) is 1.12. The van der Waals surface area contributed by atoms with Crippen molar-refractivity contribution in [3.63, 3.8) is 0 Å². The van der Waals surface area contributed by atoms with Gasteiger partial charge < -0.3 is 0 Å². The third-order valence-electron chi connectivity index (χ3n) is 6.86. The Kier molecular flexibility index (Phi) is 8.70. The first-order chi connectivity index (χ1) is 20.0. The average Bonchev–Trinajstić information content (AvgIpc) is 2.97. The van der Waals surface area contributed by atoms with Crippen molar-refractivity contribution in [2.75, 3.05) is 0 Å². The van der Waals surface area contributed by atoms with Crippen molar-refractivity contribution < 1.29 is 26.4 Å². The Balaban J connectivity index is 1.70. The van der Waals surface area contributed by atoms with E-state index in [2.05, 4.69) is 31.9 Å². The quantitative estimate of drug-likeness (QED) is 0.247. The SMILES string of the molecule is O=C1C(Cc2ccccc2)N(S(=O)(=O)c2ccc(Br)cc2)C(=O)C(Cc2ccccc2)N1S(=O)(=O)c1ccc(Br)cc1. The molecule has 2 unspecified atom stereocenters. The van der Waals surface area contributed by atoms with Gasteiger partial charge in [0, 0.05) is 21.8 Å². The van der Waals surface area contributed by atoms with Gasteiger partial charge in [-0.2, -0.15) is 0 Å². The Bertz CT molecular complexity index is 1680. The number of halogens is 2. The van der Waals surface area contributed by atoms with Crippen molar-refractivity contribution in [3.8, 4) is 0 Å². The van der Waals surface area contributed by atoms with E-state index in [4.69, 9.17) is 0 Å². The van der Waals surface area contributed by atoms with Gasteiger partial charge in [0.2, 0.25) is 0 Å². The van der Waals surface area contributed by atoms with Crippen molar-refractivity contribution >= 4 is 63.7 Å². The molecule has 12 heteroatoms. The van der Waals surface area contributed by atoms with E-state index in [9.17, 15) is 26.4 Å². The molecule has 5 rings (SSSR count). The van der Waals surface area contributed by atoms with Gasteiger partial charge in [-0.3, -0.25) is 9.59 Å². The molecule has 1 heterocycles. The van der Waals surface area contributed by atoms with E-state index in [-0.39, 0.29) is 22.6 Å². The normalized spacial score (nSPS) is 17.9. The number of carbonyl (C=O) groups is 2. The number of hydrogen-bond acceptors (Lipinski definition) is 6. The lowest BCUT2D eigenvalue weighted by Crippen LogP contribution is -2.68. The molecular formula is C30H24Br2N2O6S2. The van der Waals surface area contributed by atoms with Crippen LogP contribution in [-0.4, -0.2) is 49.3 Å². The zero-order valence-electron chi connectivity index (χ0n) is 21.9. The molecule has 0 aliphatic carbocycles. The van der Waals surface area contributed by atoms with Gasteiger partial charge in [-0.1, -0.05) is 92.5 Å². The van der Waals surface area contributed by atoms with Crippen LogP contribution in [0.25, 0.3) is 0 Å². The summed E-state index contributed by atoms with van der Waals surface area (Å²) in [5, 5.41) is 0. The highest BCUT2D eigenvalue weighted by molar-refractivity contribution is 9.10. The van der Waals surface area contributed by atoms with Gasteiger partial charge in [0.25, 0.3) is 31.9 Å². The highest BCUT2D eigenvalue weighted by Crippen LogP contribution is 2.34. The fourth-order valence-electron chi connectivity index (χ4n) is 4.83. The molecule has 2 amide bonds. The lowest BCUT2D eigenvalue weighted by molar-refractivity contribution is -0.150. The third-order valence-corrected chi connectivity index (χ3v) is 11.6. The van der Waals surface area contributed by atoms with Crippen LogP contribution in [0.1, 0.15) is 11.1 Å². The van der Waals surface area contributed by atoms with Crippen molar-refractivity contribution in [1.82, 2.24) is 8.61 Å². The standard InChI is InChI=1S/C30H24Br2N2O6S2/c31-23-11-15-25(16-12-23)41(37,38)33-27(19-21-7-3-1-4-8-21)29(35)34(42(39,40)26-17-13-24(32)14-18-26)28(30(33)36)20-22-9-5-2-6-10-22/h1-18,27-28H,19-20H2. The predicted octanol–water partition coefficient (Wildman–Crippen LogP) is 5.18. The minimum absolute atomic E-state index is 0.201. The number of carbonyl (C=O) groups excluding carboxylic acids is 2. The number of sulfonamides is 2. The van der Waals surface area contributed by atoms with Crippen molar-refractivity contribution in [2.45, 2.75) is 34.7 Å². The largest absolute Gasteiger partial charge is 0.271 e. The molecule has 1 aliphatic rings. The number of benzene rings is 4. The van der Waals surface area contributed by atoms with E-state index in [1.807, 2.05) is 0 Å². The molecule has 0 aromatic heterocycles. The lowest BCUT2D eigenvalue weighted by Gasteiger charge is -2.43. The van der Waals surface area contributed by atoms with Crippen molar-refractivity contribution in [2.24, 2.45) is 0 Å². The molecule has 4 aromatic rings. The molecule has 0 radical (unpaired) electrons. The van der Waals surface area contributed by atoms with Crippen molar-refractivity contribution in [1.29, 1.82) is 0 Å². The predicted molar refractivity (Wildman–Crippen MR) is 164 cm³/mol. The number of nitrogens with zero attached hydrogens (tertiary/aromatic N) is 2. The van der Waals surface area contributed by atoms with Crippen LogP contribution >= 0.6 is 31.9 Å². The van der Waals surface area contributed by atoms with Gasteiger partial charge in [0.15, 0.2) is 0 Å². The summed E-state index contributed by atoms with van der Waals surface area (Å²) in [6.45, 7) is 0. The van der Waals surface area contributed by atoms with Crippen LogP contribution in [0.5, 0.6) is 0 Å². The first kappa shape index (κ1) is 30.1. The maximum Gasteiger partial charge on any atom is 0.267 e. The molecule has 0 N–H and O–H groups in total. The van der Waals surface area contributed by atoms with Crippen LogP contribution in [0.2, 0.25) is 0 Å². The van der Waals surface area contributed by atoms with Crippen LogP contribution in [0.3, 0.4) is 0 Å². The van der Waals surface area contributed by atoms with Gasteiger partial charge in [0.1, 0.15) is 12.1 Å². The molecule has 0 spiro atoms. The number of rotatable bonds is 8. The van der Waals surface area contributed by atoms with E-state index >= 15 is 0 Å². The second-order valence-corrected chi connectivity index (χ2v) is 15.1. The number of amides is 2. The maximum absolute atomic E-state index is 14.4. The van der Waals surface area contributed by atoms with Crippen LogP contribution in [0.15, 0.2) is 128 Å². The Morgan fingerprint density at radius 3 is 1.12 bits per heavy atom. The van der Waals surface area contributed by atoms with Crippen LogP contribution in [0, 0.1) is 0 Å². The third kappa shape index (κ3) is 5.94. The summed E-state index contributed by atoms with van der Waals surface area (Å²) < 4.78 is 58.7. The second-order valence-electron chi connectivity index (χ2n) is 9.60. The summed E-state index contributed by atoms with van der Waals surface area (Å²) in [6, 6.07) is 25.2. The van der Waals surface area contributed by atoms with Crippen LogP contribution < -0.4 is 0 Å². The molecule has 1 fully saturated rings. The maximum atomic E-state index is 14.4. The smallest absolute Gasteiger partial charge is 0.267 e. The van der Waals surface area contributed by atoms with Gasteiger partial charge in [0.05, 0.1) is 9.79 Å². The van der Waals surface area contributed by atoms with Crippen LogP contribution in [0.4, 0.5) is 0 Å². The Morgan fingerprint density at radius 1 is 0.500 bits per heavy atom. The molecule has 8 nitrogen and oxygen atoms in total. The molecule has 216 valence electrons. The average molecular weight is 732 g/mol. The molecule has 2 atom stereocenters. The topological polar surface area (TPSA) is 109 Å². The van der Waals surface area contributed by atoms with Gasteiger partial charge in [-0.05, 0) is 59.7 Å². The highest BCUT2D eigenvalue weighted by atomic mass is 79.9. The summed E-state index contributed by atoms with van der Waals surface area (Å²) >= 11 is 6.57. The fraction of sp³-hybridized carbons (Fsp3) is 0.133. The molecule has 0 saturated carbocycles. The van der Waals surface area contributed by atoms with Gasteiger partial charge in [-0.15, -0.1) is 0 Å². The lowest BCUT2D eigenvalue weighted by atomic mass is 9.98. The molecular weight excluding hydrogens is 708 g/mol. The van der Waals surface area contributed by atoms with E-state index in [1.54, 1.807) is 60.7 Å². The number of hydrogen-bond donors (Lipinski definition) is 0. The summed E-state index contributed by atoms with van der Waals surface area (Å²) in [7, 11) is -9.16. The second kappa shape index (κ2) is 12.1. The Morgan fingerprint density at radius 2 is 0.810 bits per heavy atom. The van der Waals surface area contributed by atoms with Gasteiger partial charge in [-0.25, -0.2) is 25.4 Å². The monoisotopic (exact) mass is 730 g/mol. The minimum atomic E-state index is -4.58. The zero-order valence-corrected chi connectivity index (χ0v) is 26.7. The van der Waals surface area contributed by atoms with Gasteiger partial charge >= 0.3 is 0 Å². The van der Waals surface area contributed by atoms with E-state index < -0.39 is 43.9 Å². The number of piperazine rings is 1. The van der Waals surface area contributed by atoms with E-state index in [0.29, 0.717) is 28.7 Å². The molecule has 1 saturated heterocycles. The summed E-state index contributed by atoms with van der Waals surface area (Å²) in [5.74, 6) is -2.02. The summed E-state index contributed by atoms with van der Waals surface area (Å²) in [4.78, 5) is 28.4. The Labute approximate surface area is 261 Å². The molecule has 42 heavy (non-hydrogen) atoms. The molecule has 4 aromatic carbocycles. The first-order valence-corrected chi connectivity index (χ1v) is 17.2. The highest BCUT2D eigenvalue weighted by Gasteiger charge is 2.55. The summed E-state index contributed by atoms with van der Waals surface area (Å²) in [6.07, 6.45) is -0.433. The molecule has 0 bridgehead atoms.